The Morgan fingerprint density at radius 2 is 2.12 bits per heavy atom. The van der Waals surface area contributed by atoms with Gasteiger partial charge in [-0.2, -0.15) is 0 Å². The minimum absolute atomic E-state index is 0.238. The average Bonchev–Trinajstić information content (AvgIpc) is 3.17. The van der Waals surface area contributed by atoms with Crippen molar-refractivity contribution in [2.75, 3.05) is 6.61 Å². The molecular formula is C21H32O4. The fraction of sp³-hybridized carbons (Fsp3) is 0.667. The predicted molar refractivity (Wildman–Crippen MR) is 99.3 cm³/mol. The molecule has 2 bridgehead atoms. The summed E-state index contributed by atoms with van der Waals surface area (Å²) in [5.41, 5.74) is 0. The summed E-state index contributed by atoms with van der Waals surface area (Å²) in [6, 6.07) is 0. The number of carboxylic acid groups (broad SMARTS) is 1. The van der Waals surface area contributed by atoms with E-state index in [9.17, 15) is 9.90 Å². The lowest BCUT2D eigenvalue weighted by molar-refractivity contribution is -0.137. The van der Waals surface area contributed by atoms with Crippen LogP contribution >= 0.6 is 0 Å². The number of aliphatic hydroxyl groups excluding tert-OH is 1. The lowest BCUT2D eigenvalue weighted by atomic mass is 9.84. The highest BCUT2D eigenvalue weighted by atomic mass is 16.5. The normalized spacial score (nSPS) is 30.2. The second kappa shape index (κ2) is 10.6. The molecule has 25 heavy (non-hydrogen) atoms. The number of unbranched alkanes of at least 4 members (excludes halogenated alkanes) is 1. The van der Waals surface area contributed by atoms with Gasteiger partial charge in [-0.3, -0.25) is 4.79 Å². The van der Waals surface area contributed by atoms with Gasteiger partial charge in [0.2, 0.25) is 0 Å². The number of ether oxygens (including phenoxy) is 1. The molecule has 0 spiro atoms. The maximum atomic E-state index is 10.5. The first-order chi connectivity index (χ1) is 12.1. The number of carbonyl (C=O) groups is 1. The molecule has 1 aliphatic heterocycles. The molecule has 4 nitrogen and oxygen atoms in total. The zero-order valence-corrected chi connectivity index (χ0v) is 15.2. The lowest BCUT2D eigenvalue weighted by Gasteiger charge is -2.28. The fourth-order valence-electron chi connectivity index (χ4n) is 3.93. The van der Waals surface area contributed by atoms with Crippen LogP contribution in [0.1, 0.15) is 51.9 Å². The molecule has 0 unspecified atom stereocenters. The van der Waals surface area contributed by atoms with Gasteiger partial charge in [-0.25, -0.2) is 0 Å². The first-order valence-corrected chi connectivity index (χ1v) is 9.61. The third kappa shape index (κ3) is 6.44. The topological polar surface area (TPSA) is 66.8 Å². The Bertz CT molecular complexity index is 494. The Morgan fingerprint density at radius 1 is 1.28 bits per heavy atom. The van der Waals surface area contributed by atoms with Crippen LogP contribution in [-0.2, 0) is 9.53 Å². The summed E-state index contributed by atoms with van der Waals surface area (Å²) in [7, 11) is 0. The molecule has 4 heteroatoms. The summed E-state index contributed by atoms with van der Waals surface area (Å²) in [6.07, 6.45) is 18.0. The first-order valence-electron chi connectivity index (χ1n) is 9.61. The number of aliphatic carboxylic acids is 1. The molecule has 1 saturated heterocycles. The van der Waals surface area contributed by atoms with E-state index in [4.69, 9.17) is 9.84 Å². The second-order valence-corrected chi connectivity index (χ2v) is 7.17. The summed E-state index contributed by atoms with van der Waals surface area (Å²) in [6.45, 7) is 2.94. The molecule has 1 saturated carbocycles. The minimum atomic E-state index is -0.726. The molecule has 5 atom stereocenters. The number of carboxylic acids is 1. The zero-order chi connectivity index (χ0) is 18.1. The second-order valence-electron chi connectivity index (χ2n) is 7.17. The Morgan fingerprint density at radius 3 is 2.88 bits per heavy atom. The first kappa shape index (κ1) is 19.9. The predicted octanol–water partition coefficient (Wildman–Crippen LogP) is 4.11. The summed E-state index contributed by atoms with van der Waals surface area (Å²) in [5.74, 6) is 0.841. The van der Waals surface area contributed by atoms with Crippen LogP contribution in [0.4, 0.5) is 0 Å². The third-order valence-corrected chi connectivity index (χ3v) is 5.26. The van der Waals surface area contributed by atoms with Gasteiger partial charge in [0.05, 0.1) is 18.8 Å². The van der Waals surface area contributed by atoms with Crippen LogP contribution in [-0.4, -0.2) is 35.0 Å². The molecule has 2 rings (SSSR count). The minimum Gasteiger partial charge on any atom is -0.481 e. The third-order valence-electron chi connectivity index (χ3n) is 5.26. The molecule has 0 aromatic carbocycles. The standard InChI is InChI=1S/C21H32O4/c1-2-3-6-9-17(22)12-13-19-18(16-14-20(19)25-15-16)10-7-4-5-8-11-21(23)24/h3-4,6-7,12-13,16-20,22H,2,5,8-11,14-15H2,1H3,(H,23,24)/b6-3-,7-4-,13-12+/t16-,17-,18+,19-,20-/m1/s1. The van der Waals surface area contributed by atoms with Crippen LogP contribution in [0.15, 0.2) is 36.5 Å². The Labute approximate surface area is 151 Å². The van der Waals surface area contributed by atoms with Crippen molar-refractivity contribution in [3.8, 4) is 0 Å². The van der Waals surface area contributed by atoms with Crippen molar-refractivity contribution in [3.63, 3.8) is 0 Å². The van der Waals surface area contributed by atoms with E-state index in [0.717, 1.165) is 32.3 Å². The monoisotopic (exact) mass is 348 g/mol. The molecule has 0 aromatic rings. The highest BCUT2D eigenvalue weighted by molar-refractivity contribution is 5.66. The molecular weight excluding hydrogens is 316 g/mol. The summed E-state index contributed by atoms with van der Waals surface area (Å²) < 4.78 is 5.86. The summed E-state index contributed by atoms with van der Waals surface area (Å²) in [5, 5.41) is 18.7. The van der Waals surface area contributed by atoms with Crippen molar-refractivity contribution in [1.29, 1.82) is 0 Å². The van der Waals surface area contributed by atoms with E-state index >= 15 is 0 Å². The smallest absolute Gasteiger partial charge is 0.303 e. The van der Waals surface area contributed by atoms with Gasteiger partial charge in [0.1, 0.15) is 0 Å². The highest BCUT2D eigenvalue weighted by Crippen LogP contribution is 2.47. The largest absolute Gasteiger partial charge is 0.481 e. The molecule has 2 aliphatic rings. The van der Waals surface area contributed by atoms with Gasteiger partial charge in [-0.05, 0) is 50.4 Å². The summed E-state index contributed by atoms with van der Waals surface area (Å²) in [4.78, 5) is 10.5. The van der Waals surface area contributed by atoms with E-state index in [1.165, 1.54) is 0 Å². The highest BCUT2D eigenvalue weighted by Gasteiger charge is 2.46. The van der Waals surface area contributed by atoms with Crippen molar-refractivity contribution in [1.82, 2.24) is 0 Å². The van der Waals surface area contributed by atoms with E-state index in [2.05, 4.69) is 31.2 Å². The zero-order valence-electron chi connectivity index (χ0n) is 15.2. The molecule has 2 fully saturated rings. The number of hydrogen-bond donors (Lipinski definition) is 2. The number of aliphatic hydroxyl groups is 1. The number of fused-ring (bicyclic) bond motifs is 2. The van der Waals surface area contributed by atoms with Crippen LogP contribution in [0.2, 0.25) is 0 Å². The maximum absolute atomic E-state index is 10.5. The molecule has 1 aliphatic carbocycles. The van der Waals surface area contributed by atoms with Crippen LogP contribution in [0.25, 0.3) is 0 Å². The van der Waals surface area contributed by atoms with E-state index < -0.39 is 12.1 Å². The van der Waals surface area contributed by atoms with Gasteiger partial charge in [0, 0.05) is 12.3 Å². The fourth-order valence-corrected chi connectivity index (χ4v) is 3.93. The Hall–Kier alpha value is -1.39. The van der Waals surface area contributed by atoms with Crippen molar-refractivity contribution in [2.45, 2.75) is 64.1 Å². The molecule has 0 radical (unpaired) electrons. The Balaban J connectivity index is 1.81. The maximum Gasteiger partial charge on any atom is 0.303 e. The molecule has 0 aromatic heterocycles. The average molecular weight is 348 g/mol. The van der Waals surface area contributed by atoms with Gasteiger partial charge >= 0.3 is 5.97 Å². The van der Waals surface area contributed by atoms with Gasteiger partial charge < -0.3 is 14.9 Å². The van der Waals surface area contributed by atoms with Crippen molar-refractivity contribution >= 4 is 5.97 Å². The van der Waals surface area contributed by atoms with Gasteiger partial charge in [0.15, 0.2) is 0 Å². The van der Waals surface area contributed by atoms with E-state index in [0.29, 0.717) is 36.7 Å². The molecule has 2 N–H and O–H groups in total. The van der Waals surface area contributed by atoms with Gasteiger partial charge in [-0.1, -0.05) is 43.4 Å². The van der Waals surface area contributed by atoms with E-state index in [-0.39, 0.29) is 6.42 Å². The van der Waals surface area contributed by atoms with Crippen molar-refractivity contribution in [3.05, 3.63) is 36.5 Å². The van der Waals surface area contributed by atoms with Crippen LogP contribution < -0.4 is 0 Å². The van der Waals surface area contributed by atoms with Gasteiger partial charge in [-0.15, -0.1) is 0 Å². The van der Waals surface area contributed by atoms with Crippen molar-refractivity contribution in [2.24, 2.45) is 17.8 Å². The quantitative estimate of drug-likeness (QED) is 0.435. The number of hydrogen-bond acceptors (Lipinski definition) is 3. The number of rotatable bonds is 11. The van der Waals surface area contributed by atoms with E-state index in [1.54, 1.807) is 0 Å². The SMILES string of the molecule is CC/C=C\C[C@@H](O)/C=C/[C@@H]1[C@@H](C/C=C\CCCC(=O)O)[C@H]2CO[C@@H]1C2. The van der Waals surface area contributed by atoms with Gasteiger partial charge in [0.25, 0.3) is 0 Å². The summed E-state index contributed by atoms with van der Waals surface area (Å²) >= 11 is 0. The van der Waals surface area contributed by atoms with Crippen LogP contribution in [0.5, 0.6) is 0 Å². The number of allylic oxidation sites excluding steroid dienone is 3. The van der Waals surface area contributed by atoms with Crippen LogP contribution in [0, 0.1) is 17.8 Å². The van der Waals surface area contributed by atoms with Crippen LogP contribution in [0.3, 0.4) is 0 Å². The van der Waals surface area contributed by atoms with Crippen molar-refractivity contribution < 1.29 is 19.7 Å². The molecule has 1 heterocycles. The molecule has 0 amide bonds. The Kier molecular flexibility index (Phi) is 8.42. The lowest BCUT2D eigenvalue weighted by Crippen LogP contribution is -2.27. The van der Waals surface area contributed by atoms with E-state index in [1.807, 2.05) is 12.2 Å². The molecule has 140 valence electrons.